The Balaban J connectivity index is 1.41. The number of fused-ring (bicyclic) bond motifs is 1. The number of nitrogens with zero attached hydrogens (tertiary/aromatic N) is 2. The summed E-state index contributed by atoms with van der Waals surface area (Å²) in [6.45, 7) is 0.375. The van der Waals surface area contributed by atoms with Gasteiger partial charge in [-0.15, -0.1) is 0 Å². The van der Waals surface area contributed by atoms with Crippen LogP contribution >= 0.6 is 23.1 Å². The van der Waals surface area contributed by atoms with Crippen molar-refractivity contribution in [2.24, 2.45) is 0 Å². The first-order valence-corrected chi connectivity index (χ1v) is 12.1. The SMILES string of the molecule is COc1ccc2sc(N(Cc3ccco3)C(=O)CCCSCc3ccccc3)nc2c1. The fourth-order valence-corrected chi connectivity index (χ4v) is 5.07. The van der Waals surface area contributed by atoms with Crippen LogP contribution in [0.4, 0.5) is 5.13 Å². The molecule has 0 aliphatic carbocycles. The summed E-state index contributed by atoms with van der Waals surface area (Å²) in [5.74, 6) is 3.45. The molecule has 0 spiro atoms. The van der Waals surface area contributed by atoms with Gasteiger partial charge in [-0.05, 0) is 42.0 Å². The molecule has 4 aromatic rings. The molecule has 0 fully saturated rings. The quantitative estimate of drug-likeness (QED) is 0.270. The van der Waals surface area contributed by atoms with Crippen molar-refractivity contribution in [2.45, 2.75) is 25.1 Å². The number of anilines is 1. The van der Waals surface area contributed by atoms with E-state index < -0.39 is 0 Å². The molecule has 0 bridgehead atoms. The van der Waals surface area contributed by atoms with Crippen LogP contribution < -0.4 is 9.64 Å². The zero-order chi connectivity index (χ0) is 21.5. The van der Waals surface area contributed by atoms with Crippen molar-refractivity contribution in [3.05, 3.63) is 78.3 Å². The highest BCUT2D eigenvalue weighted by molar-refractivity contribution is 7.98. The molecule has 1 amide bonds. The molecular formula is C24H24N2O3S2. The number of rotatable bonds is 10. The topological polar surface area (TPSA) is 55.6 Å². The molecule has 2 aromatic heterocycles. The van der Waals surface area contributed by atoms with Crippen molar-refractivity contribution in [1.82, 2.24) is 4.98 Å². The van der Waals surface area contributed by atoms with E-state index >= 15 is 0 Å². The van der Waals surface area contributed by atoms with E-state index in [-0.39, 0.29) is 5.91 Å². The number of carbonyl (C=O) groups is 1. The molecule has 0 N–H and O–H groups in total. The number of carbonyl (C=O) groups excluding carboxylic acids is 1. The lowest BCUT2D eigenvalue weighted by Gasteiger charge is -2.18. The van der Waals surface area contributed by atoms with Gasteiger partial charge >= 0.3 is 0 Å². The Bertz CT molecular complexity index is 1110. The third-order valence-corrected chi connectivity index (χ3v) is 6.97. The van der Waals surface area contributed by atoms with E-state index in [1.807, 2.05) is 48.2 Å². The van der Waals surface area contributed by atoms with E-state index in [4.69, 9.17) is 14.1 Å². The molecule has 4 rings (SSSR count). The summed E-state index contributed by atoms with van der Waals surface area (Å²) in [5, 5.41) is 0.682. The third-order valence-electron chi connectivity index (χ3n) is 4.80. The Kier molecular flexibility index (Phi) is 7.27. The molecular weight excluding hydrogens is 428 g/mol. The van der Waals surface area contributed by atoms with E-state index in [0.29, 0.717) is 18.1 Å². The number of thiazole rings is 1. The van der Waals surface area contributed by atoms with Crippen LogP contribution in [-0.4, -0.2) is 23.8 Å². The number of benzene rings is 2. The number of hydrogen-bond donors (Lipinski definition) is 0. The third kappa shape index (κ3) is 5.68. The van der Waals surface area contributed by atoms with Gasteiger partial charge < -0.3 is 9.15 Å². The molecule has 7 heteroatoms. The first-order valence-electron chi connectivity index (χ1n) is 10.1. The largest absolute Gasteiger partial charge is 0.497 e. The second-order valence-corrected chi connectivity index (χ2v) is 9.15. The molecule has 2 aromatic carbocycles. The molecule has 31 heavy (non-hydrogen) atoms. The maximum Gasteiger partial charge on any atom is 0.229 e. The number of amides is 1. The number of ether oxygens (including phenoxy) is 1. The Hall–Kier alpha value is -2.77. The predicted octanol–water partition coefficient (Wildman–Crippen LogP) is 6.14. The zero-order valence-electron chi connectivity index (χ0n) is 17.3. The lowest BCUT2D eigenvalue weighted by Crippen LogP contribution is -2.30. The summed E-state index contributed by atoms with van der Waals surface area (Å²) < 4.78 is 11.8. The Morgan fingerprint density at radius 2 is 2.03 bits per heavy atom. The van der Waals surface area contributed by atoms with Gasteiger partial charge in [-0.3, -0.25) is 9.69 Å². The summed E-state index contributed by atoms with van der Waals surface area (Å²) in [6.07, 6.45) is 2.92. The summed E-state index contributed by atoms with van der Waals surface area (Å²) in [4.78, 5) is 19.6. The number of furan rings is 1. The first kappa shape index (κ1) is 21.5. The van der Waals surface area contributed by atoms with Crippen LogP contribution in [0.1, 0.15) is 24.2 Å². The molecule has 2 heterocycles. The number of hydrogen-bond acceptors (Lipinski definition) is 6. The van der Waals surface area contributed by atoms with Gasteiger partial charge in [0.2, 0.25) is 5.91 Å². The van der Waals surface area contributed by atoms with Crippen molar-refractivity contribution in [3.8, 4) is 5.75 Å². The molecule has 0 aliphatic rings. The normalized spacial score (nSPS) is 11.0. The fourth-order valence-electron chi connectivity index (χ4n) is 3.18. The van der Waals surface area contributed by atoms with Crippen LogP contribution in [-0.2, 0) is 17.1 Å². The highest BCUT2D eigenvalue weighted by Crippen LogP contribution is 2.32. The summed E-state index contributed by atoms with van der Waals surface area (Å²) in [5.41, 5.74) is 2.14. The van der Waals surface area contributed by atoms with Gasteiger partial charge in [-0.2, -0.15) is 11.8 Å². The molecule has 0 radical (unpaired) electrons. The van der Waals surface area contributed by atoms with Gasteiger partial charge in [-0.25, -0.2) is 4.98 Å². The summed E-state index contributed by atoms with van der Waals surface area (Å²) in [7, 11) is 1.64. The van der Waals surface area contributed by atoms with Gasteiger partial charge in [0.15, 0.2) is 5.13 Å². The Labute approximate surface area is 190 Å². The lowest BCUT2D eigenvalue weighted by atomic mass is 10.2. The van der Waals surface area contributed by atoms with E-state index in [2.05, 4.69) is 24.3 Å². The Morgan fingerprint density at radius 1 is 1.16 bits per heavy atom. The van der Waals surface area contributed by atoms with Crippen LogP contribution in [0.25, 0.3) is 10.2 Å². The second kappa shape index (κ2) is 10.5. The number of thioether (sulfide) groups is 1. The van der Waals surface area contributed by atoms with Crippen molar-refractivity contribution < 1.29 is 13.9 Å². The molecule has 0 atom stereocenters. The first-order chi connectivity index (χ1) is 15.2. The monoisotopic (exact) mass is 452 g/mol. The minimum absolute atomic E-state index is 0.0581. The van der Waals surface area contributed by atoms with E-state index in [0.717, 1.165) is 39.7 Å². The zero-order valence-corrected chi connectivity index (χ0v) is 19.0. The van der Waals surface area contributed by atoms with Crippen molar-refractivity contribution in [3.63, 3.8) is 0 Å². The predicted molar refractivity (Wildman–Crippen MR) is 128 cm³/mol. The van der Waals surface area contributed by atoms with E-state index in [1.165, 1.54) is 16.9 Å². The van der Waals surface area contributed by atoms with Crippen LogP contribution in [0, 0.1) is 0 Å². The lowest BCUT2D eigenvalue weighted by molar-refractivity contribution is -0.118. The van der Waals surface area contributed by atoms with E-state index in [1.54, 1.807) is 18.3 Å². The van der Waals surface area contributed by atoms with E-state index in [9.17, 15) is 4.79 Å². The molecule has 160 valence electrons. The molecule has 0 saturated heterocycles. The highest BCUT2D eigenvalue weighted by atomic mass is 32.2. The summed E-state index contributed by atoms with van der Waals surface area (Å²) in [6, 6.07) is 19.9. The van der Waals surface area contributed by atoms with Gasteiger partial charge in [0.05, 0.1) is 30.1 Å². The average Bonchev–Trinajstić information content (AvgIpc) is 3.46. The highest BCUT2D eigenvalue weighted by Gasteiger charge is 2.21. The number of methoxy groups -OCH3 is 1. The van der Waals surface area contributed by atoms with Crippen LogP contribution in [0.3, 0.4) is 0 Å². The van der Waals surface area contributed by atoms with Crippen molar-refractivity contribution in [1.29, 1.82) is 0 Å². The molecule has 0 saturated carbocycles. The van der Waals surface area contributed by atoms with Crippen LogP contribution in [0.15, 0.2) is 71.3 Å². The minimum Gasteiger partial charge on any atom is -0.497 e. The van der Waals surface area contributed by atoms with Gasteiger partial charge in [-0.1, -0.05) is 41.7 Å². The standard InChI is InChI=1S/C24H24N2O3S2/c1-28-19-11-12-22-21(15-19)25-24(31-22)26(16-20-9-5-13-29-20)23(27)10-6-14-30-17-18-7-3-2-4-8-18/h2-5,7-9,11-13,15H,6,10,14,16-17H2,1H3. The molecule has 0 unspecified atom stereocenters. The van der Waals surface area contributed by atoms with Crippen LogP contribution in [0.5, 0.6) is 5.75 Å². The smallest absolute Gasteiger partial charge is 0.229 e. The Morgan fingerprint density at radius 3 is 2.81 bits per heavy atom. The minimum atomic E-state index is 0.0581. The number of aromatic nitrogens is 1. The second-order valence-electron chi connectivity index (χ2n) is 7.03. The molecule has 5 nitrogen and oxygen atoms in total. The maximum atomic E-state index is 13.1. The van der Waals surface area contributed by atoms with Gasteiger partial charge in [0, 0.05) is 18.2 Å². The van der Waals surface area contributed by atoms with Gasteiger partial charge in [0.25, 0.3) is 0 Å². The van der Waals surface area contributed by atoms with Gasteiger partial charge in [0.1, 0.15) is 11.5 Å². The maximum absolute atomic E-state index is 13.1. The van der Waals surface area contributed by atoms with Crippen molar-refractivity contribution in [2.75, 3.05) is 17.8 Å². The molecule has 0 aliphatic heterocycles. The average molecular weight is 453 g/mol. The van der Waals surface area contributed by atoms with Crippen LogP contribution in [0.2, 0.25) is 0 Å². The fraction of sp³-hybridized carbons (Fsp3) is 0.250. The summed E-state index contributed by atoms with van der Waals surface area (Å²) >= 11 is 3.36. The van der Waals surface area contributed by atoms with Crippen molar-refractivity contribution >= 4 is 44.4 Å².